The number of nitrogens with zero attached hydrogens (tertiary/aromatic N) is 1. The Morgan fingerprint density at radius 3 is 2.61 bits per heavy atom. The molecule has 18 heavy (non-hydrogen) atoms. The molecule has 0 aliphatic rings. The minimum atomic E-state index is -0.649. The van der Waals surface area contributed by atoms with Gasteiger partial charge >= 0.3 is 5.69 Å². The zero-order valence-corrected chi connectivity index (χ0v) is 10.7. The maximum atomic E-state index is 11.8. The van der Waals surface area contributed by atoms with Gasteiger partial charge in [-0.15, -0.1) is 11.8 Å². The van der Waals surface area contributed by atoms with Gasteiger partial charge in [-0.3, -0.25) is 9.78 Å². The second-order valence-corrected chi connectivity index (χ2v) is 4.56. The van der Waals surface area contributed by atoms with Crippen molar-refractivity contribution in [2.24, 2.45) is 0 Å². The van der Waals surface area contributed by atoms with E-state index >= 15 is 0 Å². The van der Waals surface area contributed by atoms with Gasteiger partial charge in [-0.25, -0.2) is 9.36 Å². The first-order chi connectivity index (χ1) is 8.56. The number of aromatic amines is 1. The monoisotopic (exact) mass is 264 g/mol. The third kappa shape index (κ3) is 1.95. The summed E-state index contributed by atoms with van der Waals surface area (Å²) in [6.07, 6.45) is 1.87. The minimum Gasteiger partial charge on any atom is -0.494 e. The van der Waals surface area contributed by atoms with E-state index in [9.17, 15) is 14.7 Å². The van der Waals surface area contributed by atoms with Gasteiger partial charge in [0.2, 0.25) is 5.88 Å². The van der Waals surface area contributed by atoms with E-state index in [1.165, 1.54) is 18.7 Å². The lowest BCUT2D eigenvalue weighted by molar-refractivity contribution is 0.425. The van der Waals surface area contributed by atoms with Crippen LogP contribution in [-0.4, -0.2) is 20.9 Å². The largest absolute Gasteiger partial charge is 0.494 e. The fourth-order valence-electron chi connectivity index (χ4n) is 1.65. The molecule has 2 rings (SSSR count). The summed E-state index contributed by atoms with van der Waals surface area (Å²) < 4.78 is 1.10. The van der Waals surface area contributed by atoms with Crippen molar-refractivity contribution in [1.82, 2.24) is 9.55 Å². The van der Waals surface area contributed by atoms with Crippen LogP contribution in [0.25, 0.3) is 5.69 Å². The van der Waals surface area contributed by atoms with Crippen molar-refractivity contribution in [3.8, 4) is 11.6 Å². The van der Waals surface area contributed by atoms with Crippen LogP contribution in [0.3, 0.4) is 0 Å². The molecule has 0 fully saturated rings. The molecule has 2 N–H and O–H groups in total. The molecule has 0 spiro atoms. The topological polar surface area (TPSA) is 75.1 Å². The lowest BCUT2D eigenvalue weighted by Gasteiger charge is -2.12. The van der Waals surface area contributed by atoms with E-state index < -0.39 is 11.2 Å². The van der Waals surface area contributed by atoms with E-state index in [1.807, 2.05) is 18.4 Å². The quantitative estimate of drug-likeness (QED) is 0.801. The van der Waals surface area contributed by atoms with E-state index in [4.69, 9.17) is 0 Å². The highest BCUT2D eigenvalue weighted by Gasteiger charge is 2.14. The van der Waals surface area contributed by atoms with Gasteiger partial charge in [-0.05, 0) is 25.3 Å². The number of benzene rings is 1. The smallest absolute Gasteiger partial charge is 0.335 e. The van der Waals surface area contributed by atoms with Crippen LogP contribution < -0.4 is 11.2 Å². The number of aromatic nitrogens is 2. The number of H-pyrrole nitrogens is 1. The van der Waals surface area contributed by atoms with Gasteiger partial charge in [0.15, 0.2) is 0 Å². The van der Waals surface area contributed by atoms with Crippen molar-refractivity contribution in [1.29, 1.82) is 0 Å². The summed E-state index contributed by atoms with van der Waals surface area (Å²) >= 11 is 1.45. The summed E-state index contributed by atoms with van der Waals surface area (Å²) in [6.45, 7) is 1.46. The molecule has 0 saturated carbocycles. The summed E-state index contributed by atoms with van der Waals surface area (Å²) in [5.74, 6) is -0.328. The predicted molar refractivity (Wildman–Crippen MR) is 70.8 cm³/mol. The van der Waals surface area contributed by atoms with E-state index in [-0.39, 0.29) is 11.4 Å². The number of aromatic hydroxyl groups is 1. The number of rotatable bonds is 2. The molecule has 1 heterocycles. The van der Waals surface area contributed by atoms with Crippen LogP contribution in [0.5, 0.6) is 5.88 Å². The number of hydrogen-bond donors (Lipinski definition) is 2. The molecule has 0 atom stereocenters. The third-order valence-electron chi connectivity index (χ3n) is 2.64. The van der Waals surface area contributed by atoms with Gasteiger partial charge in [0.1, 0.15) is 0 Å². The lowest BCUT2D eigenvalue weighted by Crippen LogP contribution is -2.30. The van der Waals surface area contributed by atoms with Crippen LogP contribution in [0.2, 0.25) is 0 Å². The van der Waals surface area contributed by atoms with Gasteiger partial charge in [0, 0.05) is 4.90 Å². The zero-order chi connectivity index (χ0) is 13.3. The van der Waals surface area contributed by atoms with E-state index in [2.05, 4.69) is 4.98 Å². The molecular formula is C12H12N2O3S. The molecule has 0 bridgehead atoms. The number of nitrogens with one attached hydrogen (secondary N) is 1. The Hall–Kier alpha value is -1.95. The second-order valence-electron chi connectivity index (χ2n) is 3.72. The van der Waals surface area contributed by atoms with Crippen LogP contribution in [0.15, 0.2) is 38.8 Å². The van der Waals surface area contributed by atoms with Crippen LogP contribution >= 0.6 is 11.8 Å². The molecule has 94 valence electrons. The third-order valence-corrected chi connectivity index (χ3v) is 3.42. The van der Waals surface area contributed by atoms with Gasteiger partial charge in [0.05, 0.1) is 11.3 Å². The molecule has 0 radical (unpaired) electrons. The fourth-order valence-corrected chi connectivity index (χ4v) is 2.23. The number of para-hydroxylation sites is 1. The molecule has 0 saturated heterocycles. The Balaban J connectivity index is 2.84. The zero-order valence-electron chi connectivity index (χ0n) is 9.93. The molecular weight excluding hydrogens is 252 g/mol. The van der Waals surface area contributed by atoms with Gasteiger partial charge in [-0.1, -0.05) is 12.1 Å². The summed E-state index contributed by atoms with van der Waals surface area (Å²) in [5, 5.41) is 9.97. The summed E-state index contributed by atoms with van der Waals surface area (Å²) in [5.41, 5.74) is -0.558. The van der Waals surface area contributed by atoms with Crippen LogP contribution in [-0.2, 0) is 0 Å². The van der Waals surface area contributed by atoms with Crippen LogP contribution in [0.1, 0.15) is 5.56 Å². The normalized spacial score (nSPS) is 10.6. The molecule has 1 aromatic carbocycles. The number of hydrogen-bond acceptors (Lipinski definition) is 4. The molecule has 0 unspecified atom stereocenters. The predicted octanol–water partition coefficient (Wildman–Crippen LogP) is 1.26. The van der Waals surface area contributed by atoms with Gasteiger partial charge in [-0.2, -0.15) is 0 Å². The fraction of sp³-hybridized carbons (Fsp3) is 0.167. The Kier molecular flexibility index (Phi) is 3.29. The standard InChI is InChI=1S/C12H12N2O3S/c1-7-10(15)13-12(17)14(11(7)16)8-5-3-4-6-9(8)18-2/h3-6,16H,1-2H3,(H,13,15,17). The molecule has 1 aromatic heterocycles. The average Bonchev–Trinajstić information content (AvgIpc) is 2.37. The first-order valence-corrected chi connectivity index (χ1v) is 6.47. The van der Waals surface area contributed by atoms with Gasteiger partial charge in [0.25, 0.3) is 5.56 Å². The van der Waals surface area contributed by atoms with Crippen molar-refractivity contribution in [2.75, 3.05) is 6.26 Å². The highest BCUT2D eigenvalue weighted by atomic mass is 32.2. The molecule has 5 nitrogen and oxygen atoms in total. The van der Waals surface area contributed by atoms with Crippen molar-refractivity contribution < 1.29 is 5.11 Å². The molecule has 2 aromatic rings. The Labute approximate surface area is 107 Å². The maximum absolute atomic E-state index is 11.8. The summed E-state index contributed by atoms with van der Waals surface area (Å²) in [6, 6.07) is 7.16. The lowest BCUT2D eigenvalue weighted by atomic mass is 10.3. The van der Waals surface area contributed by atoms with Crippen molar-refractivity contribution in [3.63, 3.8) is 0 Å². The van der Waals surface area contributed by atoms with Gasteiger partial charge < -0.3 is 5.11 Å². The SMILES string of the molecule is CSc1ccccc1-n1c(O)c(C)c(=O)[nH]c1=O. The Morgan fingerprint density at radius 1 is 1.28 bits per heavy atom. The van der Waals surface area contributed by atoms with Crippen LogP contribution in [0.4, 0.5) is 0 Å². The molecule has 6 heteroatoms. The first kappa shape index (κ1) is 12.5. The van der Waals surface area contributed by atoms with E-state index in [0.717, 1.165) is 9.46 Å². The molecule has 0 aliphatic heterocycles. The van der Waals surface area contributed by atoms with E-state index in [0.29, 0.717) is 5.69 Å². The average molecular weight is 264 g/mol. The van der Waals surface area contributed by atoms with Crippen molar-refractivity contribution >= 4 is 11.8 Å². The Bertz CT molecular complexity index is 703. The van der Waals surface area contributed by atoms with Crippen molar-refractivity contribution in [3.05, 3.63) is 50.7 Å². The minimum absolute atomic E-state index is 0.116. The summed E-state index contributed by atoms with van der Waals surface area (Å²) in [4.78, 5) is 26.2. The first-order valence-electron chi connectivity index (χ1n) is 5.24. The second kappa shape index (κ2) is 4.73. The number of thioether (sulfide) groups is 1. The van der Waals surface area contributed by atoms with Crippen LogP contribution in [0, 0.1) is 6.92 Å². The van der Waals surface area contributed by atoms with Crippen molar-refractivity contribution in [2.45, 2.75) is 11.8 Å². The Morgan fingerprint density at radius 2 is 1.94 bits per heavy atom. The summed E-state index contributed by atoms with van der Waals surface area (Å²) in [7, 11) is 0. The molecule has 0 aliphatic carbocycles. The maximum Gasteiger partial charge on any atom is 0.335 e. The highest BCUT2D eigenvalue weighted by Crippen LogP contribution is 2.25. The molecule has 0 amide bonds. The highest BCUT2D eigenvalue weighted by molar-refractivity contribution is 7.98. The van der Waals surface area contributed by atoms with E-state index in [1.54, 1.807) is 12.1 Å².